The zero-order valence-electron chi connectivity index (χ0n) is 10.5. The van der Waals surface area contributed by atoms with Gasteiger partial charge in [-0.05, 0) is 13.8 Å². The molecular formula is C11H15N5OS. The van der Waals surface area contributed by atoms with Crippen LogP contribution in [0.4, 0.5) is 5.82 Å². The molecule has 6 nitrogen and oxygen atoms in total. The summed E-state index contributed by atoms with van der Waals surface area (Å²) in [7, 11) is 1.83. The molecule has 3 N–H and O–H groups in total. The highest BCUT2D eigenvalue weighted by Gasteiger charge is 2.15. The lowest BCUT2D eigenvalue weighted by molar-refractivity contribution is 0.478. The number of nitrogens with zero attached hydrogens (tertiary/aromatic N) is 3. The number of aromatic nitrogens is 3. The number of nitrogens with two attached hydrogens (primary N) is 1. The summed E-state index contributed by atoms with van der Waals surface area (Å²) in [5.74, 6) is 2.17. The second kappa shape index (κ2) is 4.77. The molecule has 2 aromatic heterocycles. The first-order valence-corrected chi connectivity index (χ1v) is 5.88. The number of oxazole rings is 1. The van der Waals surface area contributed by atoms with Crippen LogP contribution in [0.1, 0.15) is 22.9 Å². The van der Waals surface area contributed by atoms with Gasteiger partial charge in [-0.3, -0.25) is 4.68 Å². The van der Waals surface area contributed by atoms with Crippen LogP contribution in [-0.2, 0) is 13.6 Å². The zero-order valence-corrected chi connectivity index (χ0v) is 11.3. The van der Waals surface area contributed by atoms with Gasteiger partial charge >= 0.3 is 0 Å². The molecule has 0 fully saturated rings. The fourth-order valence-electron chi connectivity index (χ4n) is 1.80. The van der Waals surface area contributed by atoms with Crippen molar-refractivity contribution in [3.8, 4) is 0 Å². The number of rotatable bonds is 4. The predicted octanol–water partition coefficient (Wildman–Crippen LogP) is 1.27. The molecule has 0 atom stereocenters. The molecule has 18 heavy (non-hydrogen) atoms. The topological polar surface area (TPSA) is 81.9 Å². The van der Waals surface area contributed by atoms with E-state index in [1.54, 1.807) is 10.9 Å². The average Bonchev–Trinajstić information content (AvgIpc) is 2.79. The minimum Gasteiger partial charge on any atom is -0.444 e. The molecule has 0 amide bonds. The standard InChI is InChI=1S/C11H15N5OS/c1-6-4-13-8(17-6)5-14-11-9(10(12)18)7(2)15-16(11)3/h4,14H,5H2,1-3H3,(H2,12,18). The van der Waals surface area contributed by atoms with Crippen LogP contribution in [0.3, 0.4) is 0 Å². The molecule has 2 rings (SSSR count). The lowest BCUT2D eigenvalue weighted by atomic mass is 10.2. The van der Waals surface area contributed by atoms with E-state index in [0.717, 1.165) is 22.8 Å². The maximum Gasteiger partial charge on any atom is 0.213 e. The van der Waals surface area contributed by atoms with Crippen molar-refractivity contribution in [2.24, 2.45) is 12.8 Å². The molecule has 0 bridgehead atoms. The number of aryl methyl sites for hydroxylation is 3. The van der Waals surface area contributed by atoms with Gasteiger partial charge in [0.2, 0.25) is 5.89 Å². The molecule has 2 heterocycles. The number of thiocarbonyl (C=S) groups is 1. The molecule has 0 unspecified atom stereocenters. The van der Waals surface area contributed by atoms with Crippen LogP contribution in [0.5, 0.6) is 0 Å². The van der Waals surface area contributed by atoms with E-state index in [-0.39, 0.29) is 0 Å². The Bertz CT molecular complexity index is 586. The summed E-state index contributed by atoms with van der Waals surface area (Å²) in [5, 5.41) is 7.48. The molecule has 0 radical (unpaired) electrons. The van der Waals surface area contributed by atoms with Crippen molar-refractivity contribution in [1.29, 1.82) is 0 Å². The molecule has 0 spiro atoms. The second-order valence-electron chi connectivity index (χ2n) is 4.02. The van der Waals surface area contributed by atoms with E-state index in [4.69, 9.17) is 22.4 Å². The highest BCUT2D eigenvalue weighted by atomic mass is 32.1. The van der Waals surface area contributed by atoms with Crippen molar-refractivity contribution in [3.63, 3.8) is 0 Å². The minimum atomic E-state index is 0.326. The van der Waals surface area contributed by atoms with Gasteiger partial charge in [-0.2, -0.15) is 5.10 Å². The summed E-state index contributed by atoms with van der Waals surface area (Å²) in [6.45, 7) is 4.18. The maximum atomic E-state index is 5.70. The van der Waals surface area contributed by atoms with E-state index in [1.807, 2.05) is 20.9 Å². The van der Waals surface area contributed by atoms with Crippen LogP contribution in [0, 0.1) is 13.8 Å². The Labute approximate surface area is 110 Å². The van der Waals surface area contributed by atoms with E-state index in [9.17, 15) is 0 Å². The minimum absolute atomic E-state index is 0.326. The summed E-state index contributed by atoms with van der Waals surface area (Å²) >= 11 is 5.03. The molecular weight excluding hydrogens is 250 g/mol. The van der Waals surface area contributed by atoms with Crippen molar-refractivity contribution >= 4 is 23.0 Å². The van der Waals surface area contributed by atoms with Crippen molar-refractivity contribution in [3.05, 3.63) is 29.1 Å². The molecule has 0 saturated carbocycles. The molecule has 0 aromatic carbocycles. The van der Waals surface area contributed by atoms with Crippen molar-refractivity contribution in [2.45, 2.75) is 20.4 Å². The van der Waals surface area contributed by atoms with Gasteiger partial charge < -0.3 is 15.5 Å². The molecule has 0 aliphatic carbocycles. The largest absolute Gasteiger partial charge is 0.444 e. The van der Waals surface area contributed by atoms with Gasteiger partial charge in [-0.15, -0.1) is 0 Å². The fraction of sp³-hybridized carbons (Fsp3) is 0.364. The van der Waals surface area contributed by atoms with Crippen LogP contribution in [0.2, 0.25) is 0 Å². The van der Waals surface area contributed by atoms with Gasteiger partial charge in [0, 0.05) is 7.05 Å². The number of anilines is 1. The van der Waals surface area contributed by atoms with Gasteiger partial charge in [0.05, 0.1) is 24.0 Å². The molecule has 0 aliphatic heterocycles. The predicted molar refractivity (Wildman–Crippen MR) is 72.4 cm³/mol. The van der Waals surface area contributed by atoms with E-state index in [1.165, 1.54) is 0 Å². The van der Waals surface area contributed by atoms with Gasteiger partial charge in [0.15, 0.2) is 0 Å². The quantitative estimate of drug-likeness (QED) is 0.810. The van der Waals surface area contributed by atoms with Gasteiger partial charge in [0.25, 0.3) is 0 Å². The number of hydrogen-bond donors (Lipinski definition) is 2. The van der Waals surface area contributed by atoms with Crippen LogP contribution in [0.15, 0.2) is 10.6 Å². The lowest BCUT2D eigenvalue weighted by Gasteiger charge is -2.07. The summed E-state index contributed by atoms with van der Waals surface area (Å²) in [6, 6.07) is 0. The first-order chi connectivity index (χ1) is 8.49. The smallest absolute Gasteiger partial charge is 0.213 e. The Hall–Kier alpha value is -1.89. The average molecular weight is 265 g/mol. The van der Waals surface area contributed by atoms with Crippen LogP contribution < -0.4 is 11.1 Å². The third kappa shape index (κ3) is 2.35. The summed E-state index contributed by atoms with van der Waals surface area (Å²) in [6.07, 6.45) is 1.68. The SMILES string of the molecule is Cc1cnc(CNc2c(C(N)=S)c(C)nn2C)o1. The van der Waals surface area contributed by atoms with Crippen molar-refractivity contribution < 1.29 is 4.42 Å². The van der Waals surface area contributed by atoms with Gasteiger partial charge in [0.1, 0.15) is 16.6 Å². The maximum absolute atomic E-state index is 5.70. The third-order valence-electron chi connectivity index (χ3n) is 2.54. The molecule has 2 aromatic rings. The zero-order chi connectivity index (χ0) is 13.3. The third-order valence-corrected chi connectivity index (χ3v) is 2.75. The highest BCUT2D eigenvalue weighted by Crippen LogP contribution is 2.19. The Morgan fingerprint density at radius 1 is 1.56 bits per heavy atom. The van der Waals surface area contributed by atoms with Crippen LogP contribution >= 0.6 is 12.2 Å². The number of hydrogen-bond acceptors (Lipinski definition) is 5. The Morgan fingerprint density at radius 3 is 2.83 bits per heavy atom. The van der Waals surface area contributed by atoms with Crippen molar-refractivity contribution in [2.75, 3.05) is 5.32 Å². The van der Waals surface area contributed by atoms with Crippen molar-refractivity contribution in [1.82, 2.24) is 14.8 Å². The van der Waals surface area contributed by atoms with E-state index >= 15 is 0 Å². The monoisotopic (exact) mass is 265 g/mol. The van der Waals surface area contributed by atoms with Crippen LogP contribution in [-0.4, -0.2) is 19.8 Å². The lowest BCUT2D eigenvalue weighted by Crippen LogP contribution is -2.14. The van der Waals surface area contributed by atoms with Crippen LogP contribution in [0.25, 0.3) is 0 Å². The number of nitrogens with one attached hydrogen (secondary N) is 1. The first-order valence-electron chi connectivity index (χ1n) is 5.47. The Kier molecular flexibility index (Phi) is 3.33. The van der Waals surface area contributed by atoms with E-state index in [2.05, 4.69) is 15.4 Å². The first kappa shape index (κ1) is 12.6. The second-order valence-corrected chi connectivity index (χ2v) is 4.45. The fourth-order valence-corrected chi connectivity index (χ4v) is 2.04. The van der Waals surface area contributed by atoms with E-state index < -0.39 is 0 Å². The highest BCUT2D eigenvalue weighted by molar-refractivity contribution is 7.80. The Balaban J connectivity index is 2.21. The molecule has 96 valence electrons. The molecule has 7 heteroatoms. The molecule has 0 aliphatic rings. The van der Waals surface area contributed by atoms with Gasteiger partial charge in [-0.1, -0.05) is 12.2 Å². The van der Waals surface area contributed by atoms with E-state index in [0.29, 0.717) is 17.4 Å². The Morgan fingerprint density at radius 2 is 2.28 bits per heavy atom. The molecule has 0 saturated heterocycles. The van der Waals surface area contributed by atoms with Gasteiger partial charge in [-0.25, -0.2) is 4.98 Å². The summed E-state index contributed by atoms with van der Waals surface area (Å²) in [4.78, 5) is 4.44. The summed E-state index contributed by atoms with van der Waals surface area (Å²) < 4.78 is 7.09. The summed E-state index contributed by atoms with van der Waals surface area (Å²) in [5.41, 5.74) is 7.26. The normalized spacial score (nSPS) is 10.6.